The van der Waals surface area contributed by atoms with Crippen LogP contribution in [0.4, 0.5) is 0 Å². The highest BCUT2D eigenvalue weighted by atomic mass is 32.1. The standard InChI is InChI=1S/C12H20N4OS/c1-9(10-7-18-8-14-10)16-5-4-13-6-11(16)12(17)15(2)3/h7-9,11,13H,4-6H2,1-3H3. The number of piperazine rings is 1. The molecule has 1 aliphatic heterocycles. The minimum atomic E-state index is -0.0922. The summed E-state index contributed by atoms with van der Waals surface area (Å²) in [5.74, 6) is 0.157. The van der Waals surface area contributed by atoms with Gasteiger partial charge in [-0.15, -0.1) is 11.3 Å². The molecule has 1 N–H and O–H groups in total. The van der Waals surface area contributed by atoms with Crippen LogP contribution in [0.25, 0.3) is 0 Å². The molecule has 1 aliphatic rings. The van der Waals surface area contributed by atoms with E-state index in [4.69, 9.17) is 0 Å². The molecule has 0 radical (unpaired) electrons. The zero-order valence-electron chi connectivity index (χ0n) is 11.1. The Morgan fingerprint density at radius 2 is 2.44 bits per heavy atom. The molecule has 1 saturated heterocycles. The van der Waals surface area contributed by atoms with Crippen LogP contribution in [-0.2, 0) is 4.79 Å². The van der Waals surface area contributed by atoms with Crippen LogP contribution < -0.4 is 5.32 Å². The van der Waals surface area contributed by atoms with E-state index in [1.807, 2.05) is 19.6 Å². The molecule has 18 heavy (non-hydrogen) atoms. The first-order valence-electron chi connectivity index (χ1n) is 6.17. The summed E-state index contributed by atoms with van der Waals surface area (Å²) in [4.78, 5) is 20.5. The van der Waals surface area contributed by atoms with Gasteiger partial charge < -0.3 is 10.2 Å². The molecule has 100 valence electrons. The molecular formula is C12H20N4OS. The van der Waals surface area contributed by atoms with Crippen molar-refractivity contribution >= 4 is 17.2 Å². The minimum Gasteiger partial charge on any atom is -0.347 e. The lowest BCUT2D eigenvalue weighted by Crippen LogP contribution is -2.58. The van der Waals surface area contributed by atoms with Crippen molar-refractivity contribution in [3.63, 3.8) is 0 Å². The smallest absolute Gasteiger partial charge is 0.240 e. The molecule has 2 unspecified atom stereocenters. The highest BCUT2D eigenvalue weighted by molar-refractivity contribution is 7.07. The molecule has 1 aromatic rings. The first-order chi connectivity index (χ1) is 8.61. The second-order valence-corrected chi connectivity index (χ2v) is 5.50. The number of nitrogens with zero attached hydrogens (tertiary/aromatic N) is 3. The van der Waals surface area contributed by atoms with E-state index < -0.39 is 0 Å². The van der Waals surface area contributed by atoms with Crippen LogP contribution in [0.15, 0.2) is 10.9 Å². The fourth-order valence-corrected chi connectivity index (χ4v) is 2.95. The average molecular weight is 268 g/mol. The molecule has 0 aliphatic carbocycles. The minimum absolute atomic E-state index is 0.0922. The molecule has 2 atom stereocenters. The van der Waals surface area contributed by atoms with Crippen LogP contribution >= 0.6 is 11.3 Å². The molecule has 6 heteroatoms. The maximum atomic E-state index is 12.2. The maximum Gasteiger partial charge on any atom is 0.240 e. The molecule has 2 heterocycles. The van der Waals surface area contributed by atoms with Crippen LogP contribution in [0, 0.1) is 0 Å². The normalized spacial score (nSPS) is 22.7. The monoisotopic (exact) mass is 268 g/mol. The van der Waals surface area contributed by atoms with Gasteiger partial charge in [-0.1, -0.05) is 0 Å². The summed E-state index contributed by atoms with van der Waals surface area (Å²) < 4.78 is 0. The third-order valence-electron chi connectivity index (χ3n) is 3.39. The molecule has 2 rings (SSSR count). The lowest BCUT2D eigenvalue weighted by Gasteiger charge is -2.39. The average Bonchev–Trinajstić information content (AvgIpc) is 2.90. The quantitative estimate of drug-likeness (QED) is 0.870. The van der Waals surface area contributed by atoms with Crippen molar-refractivity contribution < 1.29 is 4.79 Å². The van der Waals surface area contributed by atoms with Crippen molar-refractivity contribution in [2.24, 2.45) is 0 Å². The Bertz CT molecular complexity index is 393. The Morgan fingerprint density at radius 1 is 1.67 bits per heavy atom. The molecule has 0 saturated carbocycles. The summed E-state index contributed by atoms with van der Waals surface area (Å²) in [6, 6.07) is 0.0951. The Kier molecular flexibility index (Phi) is 4.31. The van der Waals surface area contributed by atoms with Gasteiger partial charge in [0.25, 0.3) is 0 Å². The van der Waals surface area contributed by atoms with E-state index in [1.165, 1.54) is 0 Å². The first-order valence-corrected chi connectivity index (χ1v) is 7.11. The fraction of sp³-hybridized carbons (Fsp3) is 0.667. The summed E-state index contributed by atoms with van der Waals surface area (Å²) >= 11 is 1.60. The predicted octanol–water partition coefficient (Wildman–Crippen LogP) is 0.566. The topological polar surface area (TPSA) is 48.5 Å². The van der Waals surface area contributed by atoms with E-state index in [-0.39, 0.29) is 18.0 Å². The zero-order valence-corrected chi connectivity index (χ0v) is 11.9. The highest BCUT2D eigenvalue weighted by Crippen LogP contribution is 2.23. The Labute approximate surface area is 112 Å². The third kappa shape index (κ3) is 2.71. The number of likely N-dealkylation sites (N-methyl/N-ethyl adjacent to an activating group) is 1. The van der Waals surface area contributed by atoms with E-state index in [2.05, 4.69) is 27.5 Å². The largest absolute Gasteiger partial charge is 0.347 e. The van der Waals surface area contributed by atoms with Gasteiger partial charge >= 0.3 is 0 Å². The van der Waals surface area contributed by atoms with E-state index in [0.29, 0.717) is 6.54 Å². The van der Waals surface area contributed by atoms with Gasteiger partial charge in [-0.3, -0.25) is 9.69 Å². The number of hydrogen-bond donors (Lipinski definition) is 1. The third-order valence-corrected chi connectivity index (χ3v) is 3.99. The molecule has 1 aromatic heterocycles. The van der Waals surface area contributed by atoms with E-state index in [1.54, 1.807) is 16.2 Å². The number of carbonyl (C=O) groups excluding carboxylic acids is 1. The number of thiazole rings is 1. The molecule has 0 aromatic carbocycles. The van der Waals surface area contributed by atoms with Crippen molar-refractivity contribution in [1.82, 2.24) is 20.1 Å². The summed E-state index contributed by atoms with van der Waals surface area (Å²) in [7, 11) is 3.62. The molecular weight excluding hydrogens is 248 g/mol. The molecule has 1 fully saturated rings. The van der Waals surface area contributed by atoms with Gasteiger partial charge in [0.05, 0.1) is 17.2 Å². The summed E-state index contributed by atoms with van der Waals surface area (Å²) in [6.45, 7) is 4.64. The van der Waals surface area contributed by atoms with Crippen molar-refractivity contribution in [3.8, 4) is 0 Å². The van der Waals surface area contributed by atoms with Gasteiger partial charge in [-0.25, -0.2) is 4.98 Å². The number of aromatic nitrogens is 1. The van der Waals surface area contributed by atoms with E-state index >= 15 is 0 Å². The lowest BCUT2D eigenvalue weighted by molar-refractivity contribution is -0.136. The van der Waals surface area contributed by atoms with Gasteiger partial charge in [0, 0.05) is 39.1 Å². The second-order valence-electron chi connectivity index (χ2n) is 4.78. The molecule has 1 amide bonds. The zero-order chi connectivity index (χ0) is 13.1. The van der Waals surface area contributed by atoms with Gasteiger partial charge in [0.1, 0.15) is 6.04 Å². The Hall–Kier alpha value is -0.980. The SMILES string of the molecule is CC(c1cscn1)N1CCNCC1C(=O)N(C)C. The molecule has 0 spiro atoms. The Morgan fingerprint density at radius 3 is 3.06 bits per heavy atom. The van der Waals surface area contributed by atoms with Gasteiger partial charge in [-0.05, 0) is 6.92 Å². The van der Waals surface area contributed by atoms with E-state index in [9.17, 15) is 4.79 Å². The highest BCUT2D eigenvalue weighted by Gasteiger charge is 2.33. The maximum absolute atomic E-state index is 12.2. The fourth-order valence-electron chi connectivity index (χ4n) is 2.31. The van der Waals surface area contributed by atoms with Gasteiger partial charge in [0.2, 0.25) is 5.91 Å². The molecule has 5 nitrogen and oxygen atoms in total. The van der Waals surface area contributed by atoms with E-state index in [0.717, 1.165) is 18.8 Å². The van der Waals surface area contributed by atoms with Crippen LogP contribution in [0.1, 0.15) is 18.7 Å². The summed E-state index contributed by atoms with van der Waals surface area (Å²) in [6.07, 6.45) is 0. The van der Waals surface area contributed by atoms with Crippen LogP contribution in [0.2, 0.25) is 0 Å². The van der Waals surface area contributed by atoms with Crippen LogP contribution in [0.5, 0.6) is 0 Å². The van der Waals surface area contributed by atoms with Gasteiger partial charge in [0.15, 0.2) is 0 Å². The van der Waals surface area contributed by atoms with Gasteiger partial charge in [-0.2, -0.15) is 0 Å². The van der Waals surface area contributed by atoms with Crippen molar-refractivity contribution in [2.45, 2.75) is 19.0 Å². The second kappa shape index (κ2) is 5.77. The number of rotatable bonds is 3. The van der Waals surface area contributed by atoms with Crippen LogP contribution in [0.3, 0.4) is 0 Å². The predicted molar refractivity (Wildman–Crippen MR) is 72.6 cm³/mol. The summed E-state index contributed by atoms with van der Waals surface area (Å²) in [5.41, 5.74) is 2.90. The van der Waals surface area contributed by atoms with Crippen molar-refractivity contribution in [2.75, 3.05) is 33.7 Å². The van der Waals surface area contributed by atoms with Crippen molar-refractivity contribution in [1.29, 1.82) is 0 Å². The number of carbonyl (C=O) groups is 1. The summed E-state index contributed by atoms with van der Waals surface area (Å²) in [5, 5.41) is 5.35. The lowest BCUT2D eigenvalue weighted by atomic mass is 10.1. The number of amides is 1. The van der Waals surface area contributed by atoms with Crippen LogP contribution in [-0.4, -0.2) is 60.5 Å². The Balaban J connectivity index is 2.15. The van der Waals surface area contributed by atoms with Crippen molar-refractivity contribution in [3.05, 3.63) is 16.6 Å². The number of hydrogen-bond acceptors (Lipinski definition) is 5. The number of nitrogens with one attached hydrogen (secondary N) is 1. The molecule has 0 bridgehead atoms. The first kappa shape index (κ1) is 13.5.